The molecule has 1 saturated heterocycles. The Balaban J connectivity index is 1.43. The van der Waals surface area contributed by atoms with Crippen LogP contribution < -0.4 is 5.32 Å². The number of hydrogen-bond donors (Lipinski definition) is 2. The van der Waals surface area contributed by atoms with Crippen LogP contribution in [0.15, 0.2) is 29.5 Å². The summed E-state index contributed by atoms with van der Waals surface area (Å²) in [5.74, 6) is 1.80. The molecule has 1 aliphatic carbocycles. The molecule has 6 heteroatoms. The van der Waals surface area contributed by atoms with Crippen LogP contribution in [0.4, 0.5) is 0 Å². The Hall–Kier alpha value is -2.50. The number of guanidine groups is 1. The van der Waals surface area contributed by atoms with Crippen molar-refractivity contribution in [3.05, 3.63) is 46.8 Å². The van der Waals surface area contributed by atoms with Crippen molar-refractivity contribution in [2.45, 2.75) is 44.6 Å². The van der Waals surface area contributed by atoms with Crippen molar-refractivity contribution in [3.8, 4) is 5.75 Å². The number of rotatable bonds is 3. The molecule has 27 heavy (non-hydrogen) atoms. The van der Waals surface area contributed by atoms with E-state index in [0.717, 1.165) is 43.9 Å². The van der Waals surface area contributed by atoms with Gasteiger partial charge in [0.2, 0.25) is 0 Å². The molecular formula is C21H29N5O. The van der Waals surface area contributed by atoms with E-state index in [1.54, 1.807) is 0 Å². The molecule has 0 bridgehead atoms. The molecule has 1 aliphatic heterocycles. The molecule has 0 amide bonds. The number of fused-ring (bicyclic) bond motifs is 1. The number of aromatic hydroxyl groups is 1. The van der Waals surface area contributed by atoms with Gasteiger partial charge in [0, 0.05) is 51.4 Å². The summed E-state index contributed by atoms with van der Waals surface area (Å²) in [6, 6.07) is 3.93. The van der Waals surface area contributed by atoms with E-state index >= 15 is 0 Å². The zero-order valence-corrected chi connectivity index (χ0v) is 16.3. The molecule has 2 aliphatic rings. The summed E-state index contributed by atoms with van der Waals surface area (Å²) in [6.45, 7) is 2.55. The van der Waals surface area contributed by atoms with Crippen LogP contribution in [0.2, 0.25) is 0 Å². The monoisotopic (exact) mass is 367 g/mol. The second-order valence-electron chi connectivity index (χ2n) is 7.69. The van der Waals surface area contributed by atoms with Crippen LogP contribution >= 0.6 is 0 Å². The quantitative estimate of drug-likeness (QED) is 0.646. The SMILES string of the molecule is CN=C(NCc1c(O)ccc2c1CCCC2)N1CCC(c2cnn(C)c2)C1. The minimum Gasteiger partial charge on any atom is -0.508 e. The fraction of sp³-hybridized carbons (Fsp3) is 0.524. The van der Waals surface area contributed by atoms with Crippen LogP contribution in [-0.2, 0) is 26.4 Å². The standard InChI is InChI=1S/C21H29N5O/c1-22-21(26-10-9-16(14-26)17-11-24-25(2)13-17)23-12-19-18-6-4-3-5-15(18)7-8-20(19)27/h7-8,11,13,16,27H,3-6,9-10,12,14H2,1-2H3,(H,22,23). The third kappa shape index (κ3) is 3.66. The van der Waals surface area contributed by atoms with Crippen LogP contribution in [0, 0.1) is 0 Å². The zero-order chi connectivity index (χ0) is 18.8. The van der Waals surface area contributed by atoms with Gasteiger partial charge in [-0.3, -0.25) is 9.67 Å². The molecule has 0 radical (unpaired) electrons. The molecule has 4 rings (SSSR count). The van der Waals surface area contributed by atoms with Gasteiger partial charge in [0.25, 0.3) is 0 Å². The highest BCUT2D eigenvalue weighted by Gasteiger charge is 2.27. The summed E-state index contributed by atoms with van der Waals surface area (Å²) in [5.41, 5.74) is 5.06. The number of phenols is 1. The zero-order valence-electron chi connectivity index (χ0n) is 16.3. The Labute approximate surface area is 160 Å². The first kappa shape index (κ1) is 17.9. The minimum atomic E-state index is 0.397. The summed E-state index contributed by atoms with van der Waals surface area (Å²) < 4.78 is 1.87. The second kappa shape index (κ2) is 7.62. The molecule has 1 atom stereocenters. The number of phenolic OH excluding ortho intramolecular Hbond substituents is 1. The number of nitrogens with one attached hydrogen (secondary N) is 1. The summed E-state index contributed by atoms with van der Waals surface area (Å²) in [4.78, 5) is 6.80. The lowest BCUT2D eigenvalue weighted by Crippen LogP contribution is -2.39. The second-order valence-corrected chi connectivity index (χ2v) is 7.69. The fourth-order valence-electron chi connectivity index (χ4n) is 4.46. The van der Waals surface area contributed by atoms with Crippen molar-refractivity contribution in [2.75, 3.05) is 20.1 Å². The van der Waals surface area contributed by atoms with Gasteiger partial charge in [-0.1, -0.05) is 6.07 Å². The summed E-state index contributed by atoms with van der Waals surface area (Å²) >= 11 is 0. The van der Waals surface area contributed by atoms with Crippen LogP contribution in [0.1, 0.15) is 47.4 Å². The number of aliphatic imine (C=N–C) groups is 1. The minimum absolute atomic E-state index is 0.397. The molecule has 1 fully saturated rings. The van der Waals surface area contributed by atoms with Crippen LogP contribution in [-0.4, -0.2) is 45.9 Å². The van der Waals surface area contributed by atoms with Gasteiger partial charge in [0.05, 0.1) is 6.20 Å². The van der Waals surface area contributed by atoms with Gasteiger partial charge in [0.15, 0.2) is 5.96 Å². The predicted molar refractivity (Wildman–Crippen MR) is 107 cm³/mol. The number of aryl methyl sites for hydroxylation is 2. The van der Waals surface area contributed by atoms with Gasteiger partial charge in [-0.2, -0.15) is 5.10 Å². The van der Waals surface area contributed by atoms with Crippen LogP contribution in [0.3, 0.4) is 0 Å². The van der Waals surface area contributed by atoms with E-state index in [0.29, 0.717) is 18.2 Å². The van der Waals surface area contributed by atoms with Crippen molar-refractivity contribution in [3.63, 3.8) is 0 Å². The van der Waals surface area contributed by atoms with E-state index in [4.69, 9.17) is 0 Å². The third-order valence-corrected chi connectivity index (χ3v) is 5.95. The molecule has 6 nitrogen and oxygen atoms in total. The van der Waals surface area contributed by atoms with Gasteiger partial charge >= 0.3 is 0 Å². The summed E-state index contributed by atoms with van der Waals surface area (Å²) in [7, 11) is 3.80. The highest BCUT2D eigenvalue weighted by atomic mass is 16.3. The van der Waals surface area contributed by atoms with Gasteiger partial charge in [-0.25, -0.2) is 0 Å². The molecule has 0 saturated carbocycles. The molecule has 1 aromatic carbocycles. The van der Waals surface area contributed by atoms with Crippen molar-refractivity contribution >= 4 is 5.96 Å². The first-order chi connectivity index (χ1) is 13.2. The molecule has 2 aromatic rings. The topological polar surface area (TPSA) is 65.7 Å². The van der Waals surface area contributed by atoms with Gasteiger partial charge in [0.1, 0.15) is 5.75 Å². The van der Waals surface area contributed by atoms with Crippen molar-refractivity contribution in [1.29, 1.82) is 0 Å². The average Bonchev–Trinajstić information content (AvgIpc) is 3.33. The van der Waals surface area contributed by atoms with Crippen molar-refractivity contribution < 1.29 is 5.11 Å². The lowest BCUT2D eigenvalue weighted by Gasteiger charge is -2.24. The normalized spacial score (nSPS) is 20.0. The van der Waals surface area contributed by atoms with Crippen molar-refractivity contribution in [1.82, 2.24) is 20.0 Å². The Morgan fingerprint density at radius 2 is 2.19 bits per heavy atom. The van der Waals surface area contributed by atoms with E-state index in [-0.39, 0.29) is 0 Å². The highest BCUT2D eigenvalue weighted by molar-refractivity contribution is 5.80. The first-order valence-electron chi connectivity index (χ1n) is 9.92. The molecule has 144 valence electrons. The number of nitrogens with zero attached hydrogens (tertiary/aromatic N) is 4. The molecule has 1 aromatic heterocycles. The van der Waals surface area contributed by atoms with E-state index in [2.05, 4.69) is 32.6 Å². The largest absolute Gasteiger partial charge is 0.508 e. The number of hydrogen-bond acceptors (Lipinski definition) is 3. The average molecular weight is 367 g/mol. The first-order valence-corrected chi connectivity index (χ1v) is 9.92. The molecule has 2 N–H and O–H groups in total. The third-order valence-electron chi connectivity index (χ3n) is 5.95. The lowest BCUT2D eigenvalue weighted by atomic mass is 9.88. The number of likely N-dealkylation sites (tertiary alicyclic amines) is 1. The maximum absolute atomic E-state index is 10.4. The number of aromatic nitrogens is 2. The highest BCUT2D eigenvalue weighted by Crippen LogP contribution is 2.31. The van der Waals surface area contributed by atoms with E-state index < -0.39 is 0 Å². The van der Waals surface area contributed by atoms with Gasteiger partial charge < -0.3 is 15.3 Å². The number of benzene rings is 1. The van der Waals surface area contributed by atoms with Gasteiger partial charge in [-0.15, -0.1) is 0 Å². The van der Waals surface area contributed by atoms with Crippen LogP contribution in [0.5, 0.6) is 5.75 Å². The maximum Gasteiger partial charge on any atom is 0.193 e. The van der Waals surface area contributed by atoms with Gasteiger partial charge in [-0.05, 0) is 54.9 Å². The summed E-state index contributed by atoms with van der Waals surface area (Å²) in [6.07, 6.45) is 9.82. The molecule has 0 spiro atoms. The van der Waals surface area contributed by atoms with E-state index in [1.807, 2.05) is 31.0 Å². The van der Waals surface area contributed by atoms with E-state index in [1.165, 1.54) is 29.5 Å². The fourth-order valence-corrected chi connectivity index (χ4v) is 4.46. The molecule has 2 heterocycles. The Morgan fingerprint density at radius 1 is 1.33 bits per heavy atom. The Morgan fingerprint density at radius 3 is 2.96 bits per heavy atom. The van der Waals surface area contributed by atoms with Crippen molar-refractivity contribution in [2.24, 2.45) is 12.0 Å². The molecule has 1 unspecified atom stereocenters. The van der Waals surface area contributed by atoms with Crippen LogP contribution in [0.25, 0.3) is 0 Å². The van der Waals surface area contributed by atoms with E-state index in [9.17, 15) is 5.11 Å². The Bertz CT molecular complexity index is 841. The Kier molecular flexibility index (Phi) is 5.05. The maximum atomic E-state index is 10.4. The summed E-state index contributed by atoms with van der Waals surface area (Å²) in [5, 5.41) is 18.2. The molecular weight excluding hydrogens is 338 g/mol. The lowest BCUT2D eigenvalue weighted by molar-refractivity contribution is 0.459. The predicted octanol–water partition coefficient (Wildman–Crippen LogP) is 2.57. The smallest absolute Gasteiger partial charge is 0.193 e.